The zero-order valence-corrected chi connectivity index (χ0v) is 14.1. The number of imide groups is 1. The Morgan fingerprint density at radius 1 is 1.20 bits per heavy atom. The van der Waals surface area contributed by atoms with Gasteiger partial charge in [0.05, 0.1) is 5.69 Å². The van der Waals surface area contributed by atoms with E-state index in [1.165, 1.54) is 0 Å². The van der Waals surface area contributed by atoms with Crippen LogP contribution in [0.1, 0.15) is 34.5 Å². The third kappa shape index (κ3) is 2.52. The number of aryl methyl sites for hydroxylation is 2. The number of hydrogen-bond donors (Lipinski definition) is 1. The van der Waals surface area contributed by atoms with Crippen molar-refractivity contribution in [3.8, 4) is 11.1 Å². The highest BCUT2D eigenvalue weighted by atomic mass is 16.2. The lowest BCUT2D eigenvalue weighted by Gasteiger charge is -2.29. The first kappa shape index (κ1) is 15.6. The van der Waals surface area contributed by atoms with Gasteiger partial charge < -0.3 is 4.90 Å². The lowest BCUT2D eigenvalue weighted by Crippen LogP contribution is -2.52. The second-order valence-corrected chi connectivity index (χ2v) is 6.57. The van der Waals surface area contributed by atoms with E-state index < -0.39 is 6.04 Å². The maximum atomic E-state index is 12.7. The fourth-order valence-corrected chi connectivity index (χ4v) is 3.62. The second-order valence-electron chi connectivity index (χ2n) is 6.57. The van der Waals surface area contributed by atoms with Gasteiger partial charge >= 0.3 is 0 Å². The molecular weight excluding hydrogens is 320 g/mol. The van der Waals surface area contributed by atoms with E-state index in [1.54, 1.807) is 9.58 Å². The molecule has 1 fully saturated rings. The van der Waals surface area contributed by atoms with E-state index in [0.717, 1.165) is 22.4 Å². The van der Waals surface area contributed by atoms with Gasteiger partial charge in [0.1, 0.15) is 6.04 Å². The van der Waals surface area contributed by atoms with Crippen molar-refractivity contribution in [3.63, 3.8) is 0 Å². The monoisotopic (exact) mass is 338 g/mol. The first-order valence-corrected chi connectivity index (χ1v) is 8.22. The minimum absolute atomic E-state index is 0.154. The molecule has 1 saturated heterocycles. The third-order valence-electron chi connectivity index (χ3n) is 4.85. The van der Waals surface area contributed by atoms with Crippen molar-refractivity contribution in [1.29, 1.82) is 0 Å². The molecule has 7 nitrogen and oxygen atoms in total. The Morgan fingerprint density at radius 3 is 2.68 bits per heavy atom. The van der Waals surface area contributed by atoms with Gasteiger partial charge in [0.25, 0.3) is 5.91 Å². The van der Waals surface area contributed by atoms with Crippen molar-refractivity contribution in [2.75, 3.05) is 0 Å². The molecule has 0 bridgehead atoms. The zero-order chi connectivity index (χ0) is 17.7. The number of carbonyl (C=O) groups excluding carboxylic acids is 3. The van der Waals surface area contributed by atoms with Gasteiger partial charge in [-0.15, -0.1) is 0 Å². The quantitative estimate of drug-likeness (QED) is 0.833. The van der Waals surface area contributed by atoms with Crippen molar-refractivity contribution in [2.45, 2.75) is 32.4 Å². The van der Waals surface area contributed by atoms with Gasteiger partial charge in [-0.1, -0.05) is 6.07 Å². The topological polar surface area (TPSA) is 84.3 Å². The van der Waals surface area contributed by atoms with Gasteiger partial charge in [-0.2, -0.15) is 5.10 Å². The summed E-state index contributed by atoms with van der Waals surface area (Å²) in [4.78, 5) is 37.7. The maximum absolute atomic E-state index is 12.7. The van der Waals surface area contributed by atoms with E-state index in [0.29, 0.717) is 18.5 Å². The number of hydrogen-bond acceptors (Lipinski definition) is 4. The molecule has 0 radical (unpaired) electrons. The lowest BCUT2D eigenvalue weighted by molar-refractivity contribution is -0.136. The van der Waals surface area contributed by atoms with E-state index in [4.69, 9.17) is 0 Å². The Bertz CT molecular complexity index is 915. The molecule has 2 aliphatic heterocycles. The number of benzene rings is 1. The highest BCUT2D eigenvalue weighted by Crippen LogP contribution is 2.31. The number of nitrogens with zero attached hydrogens (tertiary/aromatic N) is 3. The predicted molar refractivity (Wildman–Crippen MR) is 89.4 cm³/mol. The van der Waals surface area contributed by atoms with Crippen molar-refractivity contribution < 1.29 is 14.4 Å². The summed E-state index contributed by atoms with van der Waals surface area (Å²) in [7, 11) is 1.87. The Morgan fingerprint density at radius 2 is 2.00 bits per heavy atom. The lowest BCUT2D eigenvalue weighted by atomic mass is 10.0. The molecule has 1 unspecified atom stereocenters. The highest BCUT2D eigenvalue weighted by Gasteiger charge is 2.39. The van der Waals surface area contributed by atoms with Crippen molar-refractivity contribution in [3.05, 3.63) is 41.2 Å². The predicted octanol–water partition coefficient (Wildman–Crippen LogP) is 1.16. The molecule has 128 valence electrons. The van der Waals surface area contributed by atoms with Gasteiger partial charge in [0.2, 0.25) is 11.8 Å². The zero-order valence-electron chi connectivity index (χ0n) is 14.1. The van der Waals surface area contributed by atoms with E-state index in [-0.39, 0.29) is 24.1 Å². The molecule has 7 heteroatoms. The summed E-state index contributed by atoms with van der Waals surface area (Å²) in [6.07, 6.45) is 2.58. The Balaban J connectivity index is 1.64. The van der Waals surface area contributed by atoms with Crippen molar-refractivity contribution in [2.24, 2.45) is 7.05 Å². The smallest absolute Gasteiger partial charge is 0.255 e. The second kappa shape index (κ2) is 5.54. The number of piperidine rings is 1. The van der Waals surface area contributed by atoms with E-state index in [1.807, 2.05) is 38.4 Å². The summed E-state index contributed by atoms with van der Waals surface area (Å²) in [5.41, 5.74) is 4.47. The van der Waals surface area contributed by atoms with E-state index >= 15 is 0 Å². The third-order valence-corrected chi connectivity index (χ3v) is 4.85. The van der Waals surface area contributed by atoms with Gasteiger partial charge in [-0.3, -0.25) is 24.4 Å². The first-order valence-electron chi connectivity index (χ1n) is 8.22. The standard InChI is InChI=1S/C18H18N4O3/c1-10-14(9-21(2)20-10)11-3-4-13-12(7-11)8-22(18(13)25)15-5-6-16(23)19-17(15)24/h3-4,7,9,15H,5-6,8H2,1-2H3,(H,19,23,24). The van der Waals surface area contributed by atoms with Gasteiger partial charge in [-0.25, -0.2) is 0 Å². The molecule has 1 atom stereocenters. The molecule has 1 aromatic carbocycles. The van der Waals surface area contributed by atoms with Crippen LogP contribution >= 0.6 is 0 Å². The van der Waals surface area contributed by atoms with Crippen LogP contribution in [0.3, 0.4) is 0 Å². The van der Waals surface area contributed by atoms with Crippen LogP contribution < -0.4 is 5.32 Å². The molecular formula is C18H18N4O3. The molecule has 4 rings (SSSR count). The van der Waals surface area contributed by atoms with E-state index in [9.17, 15) is 14.4 Å². The first-order chi connectivity index (χ1) is 11.9. The molecule has 0 spiro atoms. The number of fused-ring (bicyclic) bond motifs is 1. The molecule has 1 aromatic heterocycles. The average molecular weight is 338 g/mol. The number of rotatable bonds is 2. The van der Waals surface area contributed by atoms with Gasteiger partial charge in [0, 0.05) is 37.3 Å². The van der Waals surface area contributed by atoms with Gasteiger partial charge in [-0.05, 0) is 36.6 Å². The number of amides is 3. The maximum Gasteiger partial charge on any atom is 0.255 e. The highest BCUT2D eigenvalue weighted by molar-refractivity contribution is 6.05. The largest absolute Gasteiger partial charge is 0.322 e. The number of carbonyl (C=O) groups is 3. The van der Waals surface area contributed by atoms with Crippen LogP contribution in [0.25, 0.3) is 11.1 Å². The molecule has 25 heavy (non-hydrogen) atoms. The molecule has 1 N–H and O–H groups in total. The van der Waals surface area contributed by atoms with Gasteiger partial charge in [0.15, 0.2) is 0 Å². The van der Waals surface area contributed by atoms with Crippen LogP contribution in [0.2, 0.25) is 0 Å². The molecule has 2 aromatic rings. The van der Waals surface area contributed by atoms with Crippen LogP contribution in [0.5, 0.6) is 0 Å². The van der Waals surface area contributed by atoms with Crippen LogP contribution in [0, 0.1) is 6.92 Å². The van der Waals surface area contributed by atoms with Crippen LogP contribution in [-0.2, 0) is 23.2 Å². The fourth-order valence-electron chi connectivity index (χ4n) is 3.62. The summed E-state index contributed by atoms with van der Waals surface area (Å²) >= 11 is 0. The minimum Gasteiger partial charge on any atom is -0.322 e. The van der Waals surface area contributed by atoms with E-state index in [2.05, 4.69) is 10.4 Å². The summed E-state index contributed by atoms with van der Waals surface area (Å²) in [6, 6.07) is 5.13. The van der Waals surface area contributed by atoms with Crippen molar-refractivity contribution >= 4 is 17.7 Å². The number of aromatic nitrogens is 2. The summed E-state index contributed by atoms with van der Waals surface area (Å²) in [6.45, 7) is 2.33. The molecule has 2 aliphatic rings. The van der Waals surface area contributed by atoms with Crippen LogP contribution in [-0.4, -0.2) is 38.4 Å². The summed E-state index contributed by atoms with van der Waals surface area (Å²) in [5.74, 6) is -0.820. The Labute approximate surface area is 144 Å². The SMILES string of the molecule is Cc1nn(C)cc1-c1ccc2c(c1)CN(C1CCC(=O)NC1=O)C2=O. The average Bonchev–Trinajstić information content (AvgIpc) is 3.06. The Hall–Kier alpha value is -2.96. The summed E-state index contributed by atoms with van der Waals surface area (Å²) < 4.78 is 1.76. The molecule has 3 amide bonds. The molecule has 3 heterocycles. The molecule has 0 aliphatic carbocycles. The normalized spacial score (nSPS) is 20.0. The Kier molecular flexibility index (Phi) is 3.45. The number of nitrogens with one attached hydrogen (secondary N) is 1. The van der Waals surface area contributed by atoms with Crippen LogP contribution in [0.15, 0.2) is 24.4 Å². The summed E-state index contributed by atoms with van der Waals surface area (Å²) in [5, 5.41) is 6.67. The minimum atomic E-state index is -0.582. The fraction of sp³-hybridized carbons (Fsp3) is 0.333. The molecule has 0 saturated carbocycles. The van der Waals surface area contributed by atoms with Crippen LogP contribution in [0.4, 0.5) is 0 Å². The van der Waals surface area contributed by atoms with Crippen molar-refractivity contribution in [1.82, 2.24) is 20.0 Å².